The lowest BCUT2D eigenvalue weighted by Crippen LogP contribution is -2.38. The molecule has 0 radical (unpaired) electrons. The van der Waals surface area contributed by atoms with Crippen molar-refractivity contribution < 1.29 is 14.4 Å². The molecule has 1 aliphatic rings. The van der Waals surface area contributed by atoms with Crippen molar-refractivity contribution >= 4 is 35.2 Å². The van der Waals surface area contributed by atoms with E-state index in [0.29, 0.717) is 5.56 Å². The molecule has 0 bridgehead atoms. The van der Waals surface area contributed by atoms with Gasteiger partial charge in [-0.25, -0.2) is 0 Å². The number of carbonyl (C=O) groups excluding carboxylic acids is 3. The first-order valence-corrected chi connectivity index (χ1v) is 12.2. The number of aryl methyl sites for hydroxylation is 1. The molecule has 3 rings (SSSR count). The van der Waals surface area contributed by atoms with E-state index in [0.717, 1.165) is 29.0 Å². The molecule has 2 aromatic rings. The van der Waals surface area contributed by atoms with E-state index in [1.807, 2.05) is 43.3 Å². The van der Waals surface area contributed by atoms with Crippen molar-refractivity contribution in [2.24, 2.45) is 0 Å². The summed E-state index contributed by atoms with van der Waals surface area (Å²) in [6, 6.07) is 15.1. The minimum absolute atomic E-state index is 0.0207. The van der Waals surface area contributed by atoms with E-state index < -0.39 is 0 Å². The van der Waals surface area contributed by atoms with E-state index in [4.69, 9.17) is 0 Å². The number of benzene rings is 2. The van der Waals surface area contributed by atoms with Crippen LogP contribution in [0, 0.1) is 6.92 Å². The molecule has 170 valence electrons. The maximum Gasteiger partial charge on any atom is 0.252 e. The first kappa shape index (κ1) is 23.9. The van der Waals surface area contributed by atoms with Crippen molar-refractivity contribution in [3.8, 4) is 0 Å². The number of nitrogens with one attached hydrogen (secondary N) is 3. The summed E-state index contributed by atoms with van der Waals surface area (Å²) in [7, 11) is 0. The highest BCUT2D eigenvalue weighted by molar-refractivity contribution is 8.00. The van der Waals surface area contributed by atoms with Crippen LogP contribution < -0.4 is 16.0 Å². The molecule has 32 heavy (non-hydrogen) atoms. The molecule has 1 saturated carbocycles. The Morgan fingerprint density at radius 2 is 1.66 bits per heavy atom. The third-order valence-corrected chi connectivity index (χ3v) is 6.51. The highest BCUT2D eigenvalue weighted by Gasteiger charge is 2.16. The molecule has 0 saturated heterocycles. The Labute approximate surface area is 193 Å². The molecule has 7 heteroatoms. The monoisotopic (exact) mass is 453 g/mol. The van der Waals surface area contributed by atoms with Crippen molar-refractivity contribution in [1.82, 2.24) is 10.6 Å². The van der Waals surface area contributed by atoms with Gasteiger partial charge in [0.15, 0.2) is 0 Å². The lowest BCUT2D eigenvalue weighted by Gasteiger charge is -2.22. The SMILES string of the molecule is Cc1ccc(NC(=O)CSc2ccccc2C(=O)NCCC(=O)NC2CCCCC2)cc1. The van der Waals surface area contributed by atoms with Crippen LogP contribution >= 0.6 is 11.8 Å². The number of rotatable bonds is 9. The molecule has 0 unspecified atom stereocenters. The highest BCUT2D eigenvalue weighted by Crippen LogP contribution is 2.23. The van der Waals surface area contributed by atoms with E-state index in [1.165, 1.54) is 31.0 Å². The van der Waals surface area contributed by atoms with Gasteiger partial charge < -0.3 is 16.0 Å². The fraction of sp³-hybridized carbons (Fsp3) is 0.400. The number of carbonyl (C=O) groups is 3. The van der Waals surface area contributed by atoms with Gasteiger partial charge in [-0.3, -0.25) is 14.4 Å². The standard InChI is InChI=1S/C25H31N3O3S/c1-18-11-13-20(14-12-18)28-24(30)17-32-22-10-6-5-9-21(22)25(31)26-16-15-23(29)27-19-7-3-2-4-8-19/h5-6,9-14,19H,2-4,7-8,15-17H2,1H3,(H,26,31)(H,27,29)(H,28,30). The molecule has 2 aromatic carbocycles. The van der Waals surface area contributed by atoms with Crippen molar-refractivity contribution in [3.63, 3.8) is 0 Å². The van der Waals surface area contributed by atoms with Gasteiger partial charge in [0.05, 0.1) is 11.3 Å². The van der Waals surface area contributed by atoms with Gasteiger partial charge in [-0.15, -0.1) is 11.8 Å². The molecule has 1 aliphatic carbocycles. The lowest BCUT2D eigenvalue weighted by molar-refractivity contribution is -0.121. The Hall–Kier alpha value is -2.80. The number of anilines is 1. The third kappa shape index (κ3) is 7.71. The van der Waals surface area contributed by atoms with Crippen molar-refractivity contribution in [2.45, 2.75) is 56.4 Å². The largest absolute Gasteiger partial charge is 0.353 e. The Morgan fingerprint density at radius 3 is 2.41 bits per heavy atom. The van der Waals surface area contributed by atoms with Gasteiger partial charge in [-0.1, -0.05) is 49.1 Å². The summed E-state index contributed by atoms with van der Waals surface area (Å²) in [5.74, 6) is -0.194. The van der Waals surface area contributed by atoms with Crippen LogP contribution in [0.5, 0.6) is 0 Å². The fourth-order valence-electron chi connectivity index (χ4n) is 3.69. The topological polar surface area (TPSA) is 87.3 Å². The van der Waals surface area contributed by atoms with Gasteiger partial charge in [-0.2, -0.15) is 0 Å². The average molecular weight is 454 g/mol. The molecule has 0 heterocycles. The second-order valence-corrected chi connectivity index (χ2v) is 9.12. The Kier molecular flexibility index (Phi) is 9.16. The van der Waals surface area contributed by atoms with Crippen molar-refractivity contribution in [2.75, 3.05) is 17.6 Å². The molecule has 0 aliphatic heterocycles. The van der Waals surface area contributed by atoms with Gasteiger partial charge in [0.2, 0.25) is 11.8 Å². The molecule has 6 nitrogen and oxygen atoms in total. The second-order valence-electron chi connectivity index (χ2n) is 8.11. The minimum atomic E-state index is -0.238. The number of hydrogen-bond acceptors (Lipinski definition) is 4. The summed E-state index contributed by atoms with van der Waals surface area (Å²) >= 11 is 1.32. The summed E-state index contributed by atoms with van der Waals surface area (Å²) in [4.78, 5) is 37.8. The summed E-state index contributed by atoms with van der Waals surface area (Å²) in [6.45, 7) is 2.27. The molecule has 1 fully saturated rings. The van der Waals surface area contributed by atoms with Crippen LogP contribution in [0.1, 0.15) is 54.4 Å². The molecule has 3 N–H and O–H groups in total. The molecular formula is C25H31N3O3S. The van der Waals surface area contributed by atoms with Crippen LogP contribution in [0.4, 0.5) is 5.69 Å². The van der Waals surface area contributed by atoms with Crippen LogP contribution in [-0.4, -0.2) is 36.1 Å². The molecular weight excluding hydrogens is 422 g/mol. The normalized spacial score (nSPS) is 13.9. The zero-order valence-corrected chi connectivity index (χ0v) is 19.3. The Balaban J connectivity index is 1.44. The summed E-state index contributed by atoms with van der Waals surface area (Å²) in [5.41, 5.74) is 2.39. The summed E-state index contributed by atoms with van der Waals surface area (Å²) in [5, 5.41) is 8.75. The number of hydrogen-bond donors (Lipinski definition) is 3. The van der Waals surface area contributed by atoms with Crippen molar-refractivity contribution in [1.29, 1.82) is 0 Å². The van der Waals surface area contributed by atoms with Crippen LogP contribution in [0.3, 0.4) is 0 Å². The van der Waals surface area contributed by atoms with Gasteiger partial charge in [0.1, 0.15) is 0 Å². The fourth-order valence-corrected chi connectivity index (χ4v) is 4.54. The molecule has 0 spiro atoms. The zero-order valence-electron chi connectivity index (χ0n) is 18.5. The Bertz CT molecular complexity index is 924. The molecule has 0 aromatic heterocycles. The van der Waals surface area contributed by atoms with Crippen LogP contribution in [0.15, 0.2) is 53.4 Å². The maximum absolute atomic E-state index is 12.6. The van der Waals surface area contributed by atoms with Crippen LogP contribution in [0.25, 0.3) is 0 Å². The summed E-state index contributed by atoms with van der Waals surface area (Å²) in [6.07, 6.45) is 5.92. The predicted molar refractivity (Wildman–Crippen MR) is 129 cm³/mol. The number of amides is 3. The predicted octanol–water partition coefficient (Wildman–Crippen LogP) is 4.29. The zero-order chi connectivity index (χ0) is 22.8. The van der Waals surface area contributed by atoms with Gasteiger partial charge >= 0.3 is 0 Å². The number of thioether (sulfide) groups is 1. The van der Waals surface area contributed by atoms with Gasteiger partial charge in [0, 0.05) is 29.6 Å². The van der Waals surface area contributed by atoms with E-state index >= 15 is 0 Å². The first-order chi connectivity index (χ1) is 15.5. The average Bonchev–Trinajstić information content (AvgIpc) is 2.80. The maximum atomic E-state index is 12.6. The highest BCUT2D eigenvalue weighted by atomic mass is 32.2. The molecule has 0 atom stereocenters. The quantitative estimate of drug-likeness (QED) is 0.494. The Morgan fingerprint density at radius 1 is 0.938 bits per heavy atom. The minimum Gasteiger partial charge on any atom is -0.353 e. The van der Waals surface area contributed by atoms with Crippen LogP contribution in [0.2, 0.25) is 0 Å². The molecule has 3 amide bonds. The van der Waals surface area contributed by atoms with Gasteiger partial charge in [-0.05, 0) is 44.0 Å². The second kappa shape index (κ2) is 12.3. The lowest BCUT2D eigenvalue weighted by atomic mass is 9.95. The van der Waals surface area contributed by atoms with E-state index in [-0.39, 0.29) is 42.5 Å². The van der Waals surface area contributed by atoms with E-state index in [9.17, 15) is 14.4 Å². The summed E-state index contributed by atoms with van der Waals surface area (Å²) < 4.78 is 0. The van der Waals surface area contributed by atoms with E-state index in [1.54, 1.807) is 12.1 Å². The van der Waals surface area contributed by atoms with E-state index in [2.05, 4.69) is 16.0 Å². The van der Waals surface area contributed by atoms with Gasteiger partial charge in [0.25, 0.3) is 5.91 Å². The third-order valence-electron chi connectivity index (χ3n) is 5.43. The van der Waals surface area contributed by atoms with Crippen molar-refractivity contribution in [3.05, 3.63) is 59.7 Å². The smallest absolute Gasteiger partial charge is 0.252 e. The van der Waals surface area contributed by atoms with Crippen LogP contribution in [-0.2, 0) is 9.59 Å². The first-order valence-electron chi connectivity index (χ1n) is 11.2.